The van der Waals surface area contributed by atoms with E-state index >= 15 is 0 Å². The average Bonchev–Trinajstić information content (AvgIpc) is 2.42. The molecule has 0 unspecified atom stereocenters. The molecular weight excluding hydrogens is 300 g/mol. The second-order valence-corrected chi connectivity index (χ2v) is 3.92. The lowest BCUT2D eigenvalue weighted by Crippen LogP contribution is -2.34. The largest absolute Gasteiger partial charge is 0.466 e. The van der Waals surface area contributed by atoms with Crippen LogP contribution in [-0.2, 0) is 0 Å². The molecule has 0 bridgehead atoms. The number of rotatable bonds is 8. The van der Waals surface area contributed by atoms with Crippen LogP contribution in [-0.4, -0.2) is 40.4 Å². The van der Waals surface area contributed by atoms with Crippen LogP contribution >= 0.6 is 0 Å². The van der Waals surface area contributed by atoms with Gasteiger partial charge in [0.2, 0.25) is 5.95 Å². The fourth-order valence-electron chi connectivity index (χ4n) is 1.14. The van der Waals surface area contributed by atoms with Crippen molar-refractivity contribution in [3.05, 3.63) is 16.3 Å². The number of nitrogens with zero attached hydrogens (tertiary/aromatic N) is 3. The van der Waals surface area contributed by atoms with Gasteiger partial charge < -0.3 is 10.1 Å². The molecule has 7 nitrogen and oxygen atoms in total. The molecule has 1 aromatic rings. The van der Waals surface area contributed by atoms with E-state index < -0.39 is 35.4 Å². The number of halogens is 4. The van der Waals surface area contributed by atoms with Gasteiger partial charge in [-0.2, -0.15) is 13.8 Å². The zero-order valence-electron chi connectivity index (χ0n) is 10.9. The molecule has 0 fully saturated rings. The molecule has 0 aliphatic heterocycles. The molecule has 0 aromatic carbocycles. The standard InChI is InChI=1S/C10H12F4N4O3/c1-2-3-15-9-16-4-6(18(19)20)7(17-9)21-5-10(13,14)8(11)12/h4,8H,2-3,5H2,1H3,(H,15,16,17). The third kappa shape index (κ3) is 4.68. The Morgan fingerprint density at radius 1 is 1.52 bits per heavy atom. The Bertz CT molecular complexity index is 501. The molecule has 0 saturated carbocycles. The number of anilines is 1. The molecule has 1 aromatic heterocycles. The first-order valence-corrected chi connectivity index (χ1v) is 5.82. The third-order valence-electron chi connectivity index (χ3n) is 2.19. The first-order chi connectivity index (χ1) is 9.77. The van der Waals surface area contributed by atoms with Gasteiger partial charge >= 0.3 is 18.0 Å². The highest BCUT2D eigenvalue weighted by atomic mass is 19.3. The number of ether oxygens (including phenoxy) is 1. The lowest BCUT2D eigenvalue weighted by Gasteiger charge is -2.15. The Labute approximate surface area is 116 Å². The monoisotopic (exact) mass is 312 g/mol. The molecule has 0 radical (unpaired) electrons. The van der Waals surface area contributed by atoms with Crippen LogP contribution in [0.5, 0.6) is 5.88 Å². The van der Waals surface area contributed by atoms with Gasteiger partial charge in [-0.25, -0.2) is 13.8 Å². The molecule has 0 aliphatic carbocycles. The second kappa shape index (κ2) is 6.99. The summed E-state index contributed by atoms with van der Waals surface area (Å²) in [5.41, 5.74) is -0.790. The molecule has 1 heterocycles. The van der Waals surface area contributed by atoms with Crippen molar-refractivity contribution in [3.63, 3.8) is 0 Å². The summed E-state index contributed by atoms with van der Waals surface area (Å²) in [7, 11) is 0. The first kappa shape index (κ1) is 16.9. The molecule has 0 amide bonds. The molecule has 1 N–H and O–H groups in total. The zero-order chi connectivity index (χ0) is 16.0. The number of alkyl halides is 4. The maximum atomic E-state index is 12.8. The maximum Gasteiger partial charge on any atom is 0.349 e. The molecule has 1 rings (SSSR count). The molecule has 21 heavy (non-hydrogen) atoms. The smallest absolute Gasteiger partial charge is 0.349 e. The van der Waals surface area contributed by atoms with Crippen molar-refractivity contribution in [1.29, 1.82) is 0 Å². The Hall–Kier alpha value is -2.20. The Kier molecular flexibility index (Phi) is 5.61. The average molecular weight is 312 g/mol. The minimum absolute atomic E-state index is 0.0854. The number of nitrogens with one attached hydrogen (secondary N) is 1. The van der Waals surface area contributed by atoms with Crippen LogP contribution < -0.4 is 10.1 Å². The van der Waals surface area contributed by atoms with Crippen molar-refractivity contribution in [3.8, 4) is 5.88 Å². The summed E-state index contributed by atoms with van der Waals surface area (Å²) >= 11 is 0. The van der Waals surface area contributed by atoms with E-state index in [2.05, 4.69) is 20.0 Å². The summed E-state index contributed by atoms with van der Waals surface area (Å²) in [5.74, 6) is -5.32. The lowest BCUT2D eigenvalue weighted by atomic mass is 10.4. The molecule has 0 saturated heterocycles. The molecule has 11 heteroatoms. The van der Waals surface area contributed by atoms with Crippen LogP contribution in [0.4, 0.5) is 29.2 Å². The van der Waals surface area contributed by atoms with Gasteiger partial charge in [0.1, 0.15) is 6.20 Å². The predicted molar refractivity (Wildman–Crippen MR) is 63.9 cm³/mol. The second-order valence-electron chi connectivity index (χ2n) is 3.92. The minimum Gasteiger partial charge on any atom is -0.466 e. The maximum absolute atomic E-state index is 12.8. The van der Waals surface area contributed by atoms with Gasteiger partial charge in [0, 0.05) is 6.54 Å². The molecule has 0 atom stereocenters. The van der Waals surface area contributed by atoms with Crippen LogP contribution in [0.3, 0.4) is 0 Å². The molecule has 0 aliphatic rings. The van der Waals surface area contributed by atoms with Gasteiger partial charge in [0.15, 0.2) is 6.61 Å². The van der Waals surface area contributed by atoms with Crippen LogP contribution in [0.1, 0.15) is 13.3 Å². The molecule has 118 valence electrons. The summed E-state index contributed by atoms with van der Waals surface area (Å²) in [5, 5.41) is 13.4. The minimum atomic E-state index is -4.43. The number of hydrogen-bond donors (Lipinski definition) is 1. The van der Waals surface area contributed by atoms with E-state index in [0.717, 1.165) is 6.20 Å². The normalized spacial score (nSPS) is 11.5. The van der Waals surface area contributed by atoms with Gasteiger partial charge in [-0.15, -0.1) is 0 Å². The van der Waals surface area contributed by atoms with Crippen molar-refractivity contribution in [2.45, 2.75) is 25.7 Å². The van der Waals surface area contributed by atoms with Gasteiger partial charge in [-0.05, 0) is 6.42 Å². The van der Waals surface area contributed by atoms with Crippen molar-refractivity contribution >= 4 is 11.6 Å². The lowest BCUT2D eigenvalue weighted by molar-refractivity contribution is -0.386. The van der Waals surface area contributed by atoms with E-state index in [9.17, 15) is 27.7 Å². The third-order valence-corrected chi connectivity index (χ3v) is 2.19. The number of aromatic nitrogens is 2. The van der Waals surface area contributed by atoms with Crippen molar-refractivity contribution < 1.29 is 27.2 Å². The summed E-state index contributed by atoms with van der Waals surface area (Å²) in [4.78, 5) is 16.9. The highest BCUT2D eigenvalue weighted by Gasteiger charge is 2.42. The van der Waals surface area contributed by atoms with Crippen LogP contribution in [0.25, 0.3) is 0 Å². The highest BCUT2D eigenvalue weighted by Crippen LogP contribution is 2.28. The molecule has 0 spiro atoms. The van der Waals surface area contributed by atoms with Gasteiger partial charge in [0.05, 0.1) is 4.92 Å². The van der Waals surface area contributed by atoms with E-state index in [0.29, 0.717) is 13.0 Å². The Balaban J connectivity index is 2.93. The van der Waals surface area contributed by atoms with Crippen LogP contribution in [0.2, 0.25) is 0 Å². The van der Waals surface area contributed by atoms with Gasteiger partial charge in [0.25, 0.3) is 5.88 Å². The van der Waals surface area contributed by atoms with Gasteiger partial charge in [-0.1, -0.05) is 6.92 Å². The summed E-state index contributed by atoms with van der Waals surface area (Å²) in [6.07, 6.45) is -2.50. The van der Waals surface area contributed by atoms with Crippen LogP contribution in [0.15, 0.2) is 6.20 Å². The van der Waals surface area contributed by atoms with E-state index in [4.69, 9.17) is 0 Å². The molecular formula is C10H12F4N4O3. The fourth-order valence-corrected chi connectivity index (χ4v) is 1.14. The Morgan fingerprint density at radius 2 is 2.19 bits per heavy atom. The Morgan fingerprint density at radius 3 is 2.71 bits per heavy atom. The van der Waals surface area contributed by atoms with E-state index in [1.54, 1.807) is 0 Å². The summed E-state index contributed by atoms with van der Waals surface area (Å²) in [6, 6.07) is 0. The quantitative estimate of drug-likeness (QED) is 0.450. The van der Waals surface area contributed by atoms with Crippen molar-refractivity contribution in [2.24, 2.45) is 0 Å². The van der Waals surface area contributed by atoms with E-state index in [-0.39, 0.29) is 5.95 Å². The highest BCUT2D eigenvalue weighted by molar-refractivity contribution is 5.43. The summed E-state index contributed by atoms with van der Waals surface area (Å²) in [6.45, 7) is 0.541. The SMILES string of the molecule is CCCNc1ncc([N+](=O)[O-])c(OCC(F)(F)C(F)F)n1. The van der Waals surface area contributed by atoms with Crippen molar-refractivity contribution in [1.82, 2.24) is 9.97 Å². The number of hydrogen-bond acceptors (Lipinski definition) is 6. The van der Waals surface area contributed by atoms with Gasteiger partial charge in [-0.3, -0.25) is 10.1 Å². The van der Waals surface area contributed by atoms with Crippen LogP contribution in [0, 0.1) is 10.1 Å². The first-order valence-electron chi connectivity index (χ1n) is 5.82. The number of nitro groups is 1. The zero-order valence-corrected chi connectivity index (χ0v) is 10.9. The fraction of sp³-hybridized carbons (Fsp3) is 0.600. The van der Waals surface area contributed by atoms with E-state index in [1.807, 2.05) is 6.92 Å². The topological polar surface area (TPSA) is 90.2 Å². The van der Waals surface area contributed by atoms with Crippen molar-refractivity contribution in [2.75, 3.05) is 18.5 Å². The summed E-state index contributed by atoms with van der Waals surface area (Å²) < 4.78 is 53.9. The predicted octanol–water partition coefficient (Wildman–Crippen LogP) is 2.49. The van der Waals surface area contributed by atoms with E-state index in [1.165, 1.54) is 0 Å².